The molecular weight excluding hydrogens is 264 g/mol. The monoisotopic (exact) mass is 292 g/mol. The number of hydrogen-bond acceptors (Lipinski definition) is 4. The molecule has 1 fully saturated rings. The Morgan fingerprint density at radius 2 is 1.81 bits per heavy atom. The number of hydrogen-bond donors (Lipinski definition) is 3. The smallest absolute Gasteiger partial charge is 0.119 e. The largest absolute Gasteiger partial charge is 0.508 e. The molecule has 1 aliphatic rings. The van der Waals surface area contributed by atoms with E-state index in [1.807, 2.05) is 0 Å². The van der Waals surface area contributed by atoms with Gasteiger partial charge in [0, 0.05) is 30.7 Å². The molecule has 4 heteroatoms. The number of rotatable bonds is 5. The number of piperidine rings is 1. The molecule has 0 bridgehead atoms. The molecule has 21 heavy (non-hydrogen) atoms. The highest BCUT2D eigenvalue weighted by Gasteiger charge is 2.24. The van der Waals surface area contributed by atoms with Crippen LogP contribution in [-0.4, -0.2) is 40.3 Å². The Kier molecular flexibility index (Phi) is 5.48. The van der Waals surface area contributed by atoms with Crippen LogP contribution in [-0.2, 0) is 0 Å². The van der Waals surface area contributed by atoms with Crippen molar-refractivity contribution in [1.29, 1.82) is 0 Å². The lowest BCUT2D eigenvalue weighted by atomic mass is 10.0. The second kappa shape index (κ2) is 7.14. The van der Waals surface area contributed by atoms with Gasteiger partial charge < -0.3 is 15.5 Å². The lowest BCUT2D eigenvalue weighted by Gasteiger charge is -2.37. The van der Waals surface area contributed by atoms with Crippen LogP contribution in [0.25, 0.3) is 0 Å². The van der Waals surface area contributed by atoms with Crippen molar-refractivity contribution in [2.75, 3.05) is 13.1 Å². The molecule has 0 amide bonds. The molecule has 2 rings (SSSR count). The Hall–Kier alpha value is -1.26. The van der Waals surface area contributed by atoms with Gasteiger partial charge in [0.05, 0.1) is 0 Å². The summed E-state index contributed by atoms with van der Waals surface area (Å²) in [5.41, 5.74) is 0.956. The maximum absolute atomic E-state index is 9.69. The van der Waals surface area contributed by atoms with E-state index >= 15 is 0 Å². The predicted octanol–water partition coefficient (Wildman–Crippen LogP) is 3.01. The highest BCUT2D eigenvalue weighted by atomic mass is 16.3. The minimum atomic E-state index is 0.122. The van der Waals surface area contributed by atoms with Crippen LogP contribution in [0.15, 0.2) is 18.2 Å². The topological polar surface area (TPSA) is 55.7 Å². The molecule has 1 aromatic carbocycles. The minimum absolute atomic E-state index is 0.122. The maximum Gasteiger partial charge on any atom is 0.119 e. The van der Waals surface area contributed by atoms with Crippen molar-refractivity contribution >= 4 is 0 Å². The van der Waals surface area contributed by atoms with Gasteiger partial charge in [-0.15, -0.1) is 0 Å². The number of phenolic OH excluding ortho intramolecular Hbond substituents is 2. The van der Waals surface area contributed by atoms with E-state index in [0.717, 1.165) is 18.7 Å². The van der Waals surface area contributed by atoms with E-state index in [4.69, 9.17) is 0 Å². The van der Waals surface area contributed by atoms with Gasteiger partial charge in [0.2, 0.25) is 0 Å². The van der Waals surface area contributed by atoms with Crippen molar-refractivity contribution in [2.24, 2.45) is 0 Å². The highest BCUT2D eigenvalue weighted by Crippen LogP contribution is 2.29. The number of nitrogens with one attached hydrogen (secondary N) is 1. The summed E-state index contributed by atoms with van der Waals surface area (Å²) in [7, 11) is 0. The van der Waals surface area contributed by atoms with Gasteiger partial charge >= 0.3 is 0 Å². The minimum Gasteiger partial charge on any atom is -0.508 e. The molecule has 2 unspecified atom stereocenters. The lowest BCUT2D eigenvalue weighted by Crippen LogP contribution is -2.46. The maximum atomic E-state index is 9.69. The molecule has 1 heterocycles. The van der Waals surface area contributed by atoms with Gasteiger partial charge in [-0.3, -0.25) is 4.90 Å². The van der Waals surface area contributed by atoms with E-state index in [9.17, 15) is 10.2 Å². The van der Waals surface area contributed by atoms with Gasteiger partial charge in [-0.1, -0.05) is 6.42 Å². The van der Waals surface area contributed by atoms with Crippen molar-refractivity contribution in [3.63, 3.8) is 0 Å². The quantitative estimate of drug-likeness (QED) is 0.781. The van der Waals surface area contributed by atoms with E-state index < -0.39 is 0 Å². The van der Waals surface area contributed by atoms with Gasteiger partial charge in [0.15, 0.2) is 0 Å². The van der Waals surface area contributed by atoms with E-state index in [2.05, 4.69) is 31.0 Å². The molecule has 1 aromatic rings. The number of benzene rings is 1. The zero-order valence-corrected chi connectivity index (χ0v) is 13.3. The van der Waals surface area contributed by atoms with E-state index in [-0.39, 0.29) is 17.5 Å². The summed E-state index contributed by atoms with van der Waals surface area (Å²) in [6.45, 7) is 8.63. The average Bonchev–Trinajstić information content (AvgIpc) is 2.44. The molecule has 0 saturated carbocycles. The van der Waals surface area contributed by atoms with Crippen molar-refractivity contribution in [3.8, 4) is 11.5 Å². The third-order valence-electron chi connectivity index (χ3n) is 4.41. The van der Waals surface area contributed by atoms with Gasteiger partial charge in [-0.2, -0.15) is 0 Å². The van der Waals surface area contributed by atoms with E-state index in [0.29, 0.717) is 12.1 Å². The Morgan fingerprint density at radius 3 is 2.33 bits per heavy atom. The summed E-state index contributed by atoms with van der Waals surface area (Å²) in [4.78, 5) is 2.43. The standard InChI is InChI=1S/C17H28N2O2/c1-12(2)19(11-15-6-4-5-7-18-15)13(3)14-8-16(20)10-17(21)9-14/h8-10,12-13,15,18,20-21H,4-7,11H2,1-3H3. The van der Waals surface area contributed by atoms with Crippen molar-refractivity contribution in [1.82, 2.24) is 10.2 Å². The van der Waals surface area contributed by atoms with E-state index in [1.165, 1.54) is 25.3 Å². The summed E-state index contributed by atoms with van der Waals surface area (Å²) >= 11 is 0. The van der Waals surface area contributed by atoms with Crippen LogP contribution in [0.3, 0.4) is 0 Å². The fourth-order valence-corrected chi connectivity index (χ4v) is 3.20. The van der Waals surface area contributed by atoms with Crippen LogP contribution in [0.5, 0.6) is 11.5 Å². The Bertz CT molecular complexity index is 436. The Labute approximate surface area is 127 Å². The first-order chi connectivity index (χ1) is 9.97. The van der Waals surface area contributed by atoms with Crippen LogP contribution in [0.4, 0.5) is 0 Å². The van der Waals surface area contributed by atoms with Crippen molar-refractivity contribution in [2.45, 2.75) is 58.2 Å². The Balaban J connectivity index is 2.12. The summed E-state index contributed by atoms with van der Waals surface area (Å²) in [5.74, 6) is 0.243. The first-order valence-corrected chi connectivity index (χ1v) is 7.99. The lowest BCUT2D eigenvalue weighted by molar-refractivity contribution is 0.137. The predicted molar refractivity (Wildman–Crippen MR) is 85.7 cm³/mol. The van der Waals surface area contributed by atoms with Gasteiger partial charge in [-0.25, -0.2) is 0 Å². The molecule has 0 aliphatic carbocycles. The zero-order valence-electron chi connectivity index (χ0n) is 13.3. The van der Waals surface area contributed by atoms with Crippen LogP contribution in [0, 0.1) is 0 Å². The van der Waals surface area contributed by atoms with Crippen LogP contribution in [0.1, 0.15) is 51.6 Å². The molecule has 2 atom stereocenters. The molecule has 1 aliphatic heterocycles. The third-order valence-corrected chi connectivity index (χ3v) is 4.41. The molecule has 4 nitrogen and oxygen atoms in total. The van der Waals surface area contributed by atoms with Crippen LogP contribution < -0.4 is 5.32 Å². The van der Waals surface area contributed by atoms with E-state index in [1.54, 1.807) is 12.1 Å². The summed E-state index contributed by atoms with van der Waals surface area (Å²) < 4.78 is 0. The number of nitrogens with zero attached hydrogens (tertiary/aromatic N) is 1. The summed E-state index contributed by atoms with van der Waals surface area (Å²) in [6.07, 6.45) is 3.79. The molecule has 0 aromatic heterocycles. The molecule has 3 N–H and O–H groups in total. The summed E-state index contributed by atoms with van der Waals surface area (Å²) in [6, 6.07) is 5.97. The Morgan fingerprint density at radius 1 is 1.14 bits per heavy atom. The average molecular weight is 292 g/mol. The molecule has 1 saturated heterocycles. The van der Waals surface area contributed by atoms with Gasteiger partial charge in [0.1, 0.15) is 11.5 Å². The van der Waals surface area contributed by atoms with Crippen LogP contribution >= 0.6 is 0 Å². The molecule has 118 valence electrons. The SMILES string of the molecule is CC(C)N(CC1CCCCN1)C(C)c1cc(O)cc(O)c1. The third kappa shape index (κ3) is 4.35. The molecule has 0 radical (unpaired) electrons. The van der Waals surface area contributed by atoms with Crippen molar-refractivity contribution in [3.05, 3.63) is 23.8 Å². The second-order valence-electron chi connectivity index (χ2n) is 6.40. The van der Waals surface area contributed by atoms with Gasteiger partial charge in [0.25, 0.3) is 0 Å². The summed E-state index contributed by atoms with van der Waals surface area (Å²) in [5, 5.41) is 23.0. The number of phenols is 2. The van der Waals surface area contributed by atoms with Crippen molar-refractivity contribution < 1.29 is 10.2 Å². The second-order valence-corrected chi connectivity index (χ2v) is 6.40. The first-order valence-electron chi connectivity index (χ1n) is 7.99. The van der Waals surface area contributed by atoms with Gasteiger partial charge in [-0.05, 0) is 57.9 Å². The highest BCUT2D eigenvalue weighted by molar-refractivity contribution is 5.38. The first kappa shape index (κ1) is 16.1. The molecule has 0 spiro atoms. The van der Waals surface area contributed by atoms with Crippen LogP contribution in [0.2, 0.25) is 0 Å². The number of aromatic hydroxyl groups is 2. The fourth-order valence-electron chi connectivity index (χ4n) is 3.20. The normalized spacial score (nSPS) is 20.9. The molecular formula is C17H28N2O2. The zero-order chi connectivity index (χ0) is 15.4. The fraction of sp³-hybridized carbons (Fsp3) is 0.647.